The average Bonchev–Trinajstić information content (AvgIpc) is 3.12. The maximum Gasteiger partial charge on any atom is 0.234 e. The van der Waals surface area contributed by atoms with Gasteiger partial charge in [-0.15, -0.1) is 16.8 Å². The topological polar surface area (TPSA) is 88.9 Å². The predicted octanol–water partition coefficient (Wildman–Crippen LogP) is 4.65. The molecule has 0 aliphatic rings. The zero-order chi connectivity index (χ0) is 23.1. The molecule has 9 heteroatoms. The highest BCUT2D eigenvalue weighted by atomic mass is 35.5. The molecule has 0 spiro atoms. The number of nitrogens with zero attached hydrogens (tertiary/aromatic N) is 3. The van der Waals surface area contributed by atoms with E-state index in [2.05, 4.69) is 27.4 Å². The summed E-state index contributed by atoms with van der Waals surface area (Å²) < 4.78 is 1.78. The molecule has 0 saturated heterocycles. The fraction of sp³-hybridized carbons (Fsp3) is 0.217. The first-order chi connectivity index (χ1) is 15.4. The molecule has 0 fully saturated rings. The summed E-state index contributed by atoms with van der Waals surface area (Å²) in [6, 6.07) is 12.8. The molecule has 0 aliphatic carbocycles. The predicted molar refractivity (Wildman–Crippen MR) is 129 cm³/mol. The van der Waals surface area contributed by atoms with Gasteiger partial charge in [-0.2, -0.15) is 0 Å². The van der Waals surface area contributed by atoms with Gasteiger partial charge in [-0.1, -0.05) is 41.6 Å². The molecule has 0 bridgehead atoms. The fourth-order valence-electron chi connectivity index (χ4n) is 2.94. The van der Waals surface area contributed by atoms with Crippen molar-refractivity contribution in [3.8, 4) is 0 Å². The maximum absolute atomic E-state index is 12.4. The van der Waals surface area contributed by atoms with Crippen LogP contribution < -0.4 is 10.6 Å². The van der Waals surface area contributed by atoms with E-state index in [0.717, 1.165) is 16.8 Å². The Balaban J connectivity index is 1.62. The van der Waals surface area contributed by atoms with Gasteiger partial charge in [0.05, 0.1) is 12.2 Å². The minimum absolute atomic E-state index is 0.0404. The number of hydrogen-bond acceptors (Lipinski definition) is 5. The Morgan fingerprint density at radius 2 is 1.84 bits per heavy atom. The number of amides is 2. The zero-order valence-corrected chi connectivity index (χ0v) is 19.5. The highest BCUT2D eigenvalue weighted by Crippen LogP contribution is 2.21. The first-order valence-electron chi connectivity index (χ1n) is 9.94. The minimum atomic E-state index is -0.228. The lowest BCUT2D eigenvalue weighted by molar-refractivity contribution is -0.116. The van der Waals surface area contributed by atoms with Crippen molar-refractivity contribution in [3.05, 3.63) is 77.1 Å². The van der Waals surface area contributed by atoms with Gasteiger partial charge in [-0.3, -0.25) is 9.59 Å². The standard InChI is InChI=1S/C23H24ClN5O2S/c1-4-11-29-20(13-21(30)25-18-9-7-17(24)8-10-18)27-28-23(29)32-14-22(31)26-19-12-15(2)5-6-16(19)3/h4-10,12H,1,11,13-14H2,2-3H3,(H,25,30)(H,26,31). The van der Waals surface area contributed by atoms with Crippen LogP contribution in [0.4, 0.5) is 11.4 Å². The molecular weight excluding hydrogens is 446 g/mol. The largest absolute Gasteiger partial charge is 0.326 e. The molecule has 0 radical (unpaired) electrons. The molecule has 7 nitrogen and oxygen atoms in total. The van der Waals surface area contributed by atoms with Crippen LogP contribution in [0.1, 0.15) is 17.0 Å². The number of carbonyl (C=O) groups is 2. The Bertz CT molecular complexity index is 1130. The van der Waals surface area contributed by atoms with Crippen molar-refractivity contribution < 1.29 is 9.59 Å². The van der Waals surface area contributed by atoms with E-state index in [1.165, 1.54) is 11.8 Å². The molecule has 0 atom stereocenters. The van der Waals surface area contributed by atoms with E-state index >= 15 is 0 Å². The number of anilines is 2. The lowest BCUT2D eigenvalue weighted by Crippen LogP contribution is -2.18. The Labute approximate surface area is 196 Å². The van der Waals surface area contributed by atoms with E-state index in [1.807, 2.05) is 32.0 Å². The molecule has 2 amide bonds. The van der Waals surface area contributed by atoms with Crippen molar-refractivity contribution >= 4 is 46.6 Å². The van der Waals surface area contributed by atoms with Gasteiger partial charge in [0.15, 0.2) is 5.16 Å². The molecule has 32 heavy (non-hydrogen) atoms. The molecule has 0 aliphatic heterocycles. The number of hydrogen-bond donors (Lipinski definition) is 2. The molecule has 0 saturated carbocycles. The lowest BCUT2D eigenvalue weighted by Gasteiger charge is -2.10. The number of allylic oxidation sites excluding steroid dienone is 1. The van der Waals surface area contributed by atoms with Crippen LogP contribution in [0.25, 0.3) is 0 Å². The Morgan fingerprint density at radius 1 is 1.09 bits per heavy atom. The Hall–Kier alpha value is -3.10. The molecule has 2 aromatic carbocycles. The first-order valence-corrected chi connectivity index (χ1v) is 11.3. The molecule has 0 unspecified atom stereocenters. The van der Waals surface area contributed by atoms with Crippen LogP contribution in [0.2, 0.25) is 5.02 Å². The number of aromatic nitrogens is 3. The second kappa shape index (κ2) is 11.0. The summed E-state index contributed by atoms with van der Waals surface area (Å²) in [5, 5.41) is 15.2. The van der Waals surface area contributed by atoms with Crippen molar-refractivity contribution in [2.75, 3.05) is 16.4 Å². The van der Waals surface area contributed by atoms with Gasteiger partial charge in [-0.05, 0) is 55.3 Å². The van der Waals surface area contributed by atoms with Gasteiger partial charge < -0.3 is 15.2 Å². The fourth-order valence-corrected chi connectivity index (χ4v) is 3.83. The molecule has 3 aromatic rings. The Morgan fingerprint density at radius 3 is 2.56 bits per heavy atom. The van der Waals surface area contributed by atoms with Crippen molar-refractivity contribution in [1.82, 2.24) is 14.8 Å². The van der Waals surface area contributed by atoms with Crippen LogP contribution >= 0.6 is 23.4 Å². The van der Waals surface area contributed by atoms with Gasteiger partial charge >= 0.3 is 0 Å². The summed E-state index contributed by atoms with van der Waals surface area (Å²) in [7, 11) is 0. The van der Waals surface area contributed by atoms with Crippen LogP contribution in [0.3, 0.4) is 0 Å². The third-order valence-electron chi connectivity index (χ3n) is 4.55. The zero-order valence-electron chi connectivity index (χ0n) is 17.9. The first kappa shape index (κ1) is 23.6. The number of nitrogens with one attached hydrogen (secondary N) is 2. The molecule has 1 aromatic heterocycles. The van der Waals surface area contributed by atoms with E-state index in [1.54, 1.807) is 34.9 Å². The van der Waals surface area contributed by atoms with E-state index < -0.39 is 0 Å². The molecule has 166 valence electrons. The van der Waals surface area contributed by atoms with Crippen LogP contribution in [0.5, 0.6) is 0 Å². The monoisotopic (exact) mass is 469 g/mol. The summed E-state index contributed by atoms with van der Waals surface area (Å²) >= 11 is 7.13. The van der Waals surface area contributed by atoms with Crippen LogP contribution in [-0.4, -0.2) is 32.3 Å². The second-order valence-electron chi connectivity index (χ2n) is 7.19. The number of thioether (sulfide) groups is 1. The summed E-state index contributed by atoms with van der Waals surface area (Å²) in [5.41, 5.74) is 3.51. The highest BCUT2D eigenvalue weighted by Gasteiger charge is 2.17. The summed E-state index contributed by atoms with van der Waals surface area (Å²) in [6.07, 6.45) is 1.74. The van der Waals surface area contributed by atoms with Gasteiger partial charge in [0.2, 0.25) is 11.8 Å². The van der Waals surface area contributed by atoms with E-state index in [4.69, 9.17) is 11.6 Å². The van der Waals surface area contributed by atoms with Crippen molar-refractivity contribution in [3.63, 3.8) is 0 Å². The minimum Gasteiger partial charge on any atom is -0.326 e. The Kier molecular flexibility index (Phi) is 8.08. The second-order valence-corrected chi connectivity index (χ2v) is 8.56. The van der Waals surface area contributed by atoms with Crippen LogP contribution in [0, 0.1) is 13.8 Å². The summed E-state index contributed by atoms with van der Waals surface area (Å²) in [5.74, 6) is 0.293. The highest BCUT2D eigenvalue weighted by molar-refractivity contribution is 7.99. The van der Waals surface area contributed by atoms with Crippen LogP contribution in [-0.2, 0) is 22.6 Å². The molecular formula is C23H24ClN5O2S. The number of benzene rings is 2. The quantitative estimate of drug-likeness (QED) is 0.352. The van der Waals surface area contributed by atoms with E-state index in [9.17, 15) is 9.59 Å². The summed E-state index contributed by atoms with van der Waals surface area (Å²) in [4.78, 5) is 24.9. The average molecular weight is 470 g/mol. The lowest BCUT2D eigenvalue weighted by atomic mass is 10.1. The third kappa shape index (κ3) is 6.45. The normalized spacial score (nSPS) is 10.6. The van der Waals surface area contributed by atoms with Gasteiger partial charge in [0.25, 0.3) is 0 Å². The van der Waals surface area contributed by atoms with Crippen molar-refractivity contribution in [1.29, 1.82) is 0 Å². The number of aryl methyl sites for hydroxylation is 2. The SMILES string of the molecule is C=CCn1c(CC(=O)Nc2ccc(Cl)cc2)nnc1SCC(=O)Nc1cc(C)ccc1C. The number of halogens is 1. The molecule has 2 N–H and O–H groups in total. The molecule has 1 heterocycles. The third-order valence-corrected chi connectivity index (χ3v) is 5.77. The molecule has 3 rings (SSSR count). The number of rotatable bonds is 9. The van der Waals surface area contributed by atoms with Gasteiger partial charge in [0.1, 0.15) is 5.82 Å². The van der Waals surface area contributed by atoms with E-state index in [-0.39, 0.29) is 24.0 Å². The van der Waals surface area contributed by atoms with Gasteiger partial charge in [-0.25, -0.2) is 0 Å². The number of carbonyl (C=O) groups excluding carboxylic acids is 2. The maximum atomic E-state index is 12.4. The van der Waals surface area contributed by atoms with E-state index in [0.29, 0.717) is 28.2 Å². The summed E-state index contributed by atoms with van der Waals surface area (Å²) in [6.45, 7) is 8.12. The van der Waals surface area contributed by atoms with Crippen molar-refractivity contribution in [2.24, 2.45) is 0 Å². The van der Waals surface area contributed by atoms with Crippen molar-refractivity contribution in [2.45, 2.75) is 32.0 Å². The smallest absolute Gasteiger partial charge is 0.234 e. The van der Waals surface area contributed by atoms with Crippen LogP contribution in [0.15, 0.2) is 60.3 Å². The van der Waals surface area contributed by atoms with Gasteiger partial charge in [0, 0.05) is 22.9 Å².